The summed E-state index contributed by atoms with van der Waals surface area (Å²) in [6.07, 6.45) is -5.85. The van der Waals surface area contributed by atoms with Gasteiger partial charge in [-0.3, -0.25) is 4.68 Å². The third-order valence-corrected chi connectivity index (χ3v) is 2.56. The van der Waals surface area contributed by atoms with Crippen molar-refractivity contribution in [3.8, 4) is 0 Å². The van der Waals surface area contributed by atoms with Gasteiger partial charge in [-0.1, -0.05) is 0 Å². The Balaban J connectivity index is 2.64. The molecule has 0 aliphatic heterocycles. The molecule has 1 heterocycles. The number of aromatic nitrogens is 2. The van der Waals surface area contributed by atoms with Gasteiger partial charge in [0, 0.05) is 20.1 Å². The first-order valence-corrected chi connectivity index (χ1v) is 5.90. The summed E-state index contributed by atoms with van der Waals surface area (Å²) in [5.41, 5.74) is 0.571. The molecule has 0 aromatic carbocycles. The monoisotopic (exact) mass is 295 g/mol. The molecule has 6 nitrogen and oxygen atoms in total. The van der Waals surface area contributed by atoms with Gasteiger partial charge in [-0.2, -0.15) is 18.3 Å². The molecule has 0 spiro atoms. The quantitative estimate of drug-likeness (QED) is 0.752. The van der Waals surface area contributed by atoms with Crippen LogP contribution in [0.15, 0.2) is 6.20 Å². The van der Waals surface area contributed by atoms with Crippen molar-refractivity contribution in [1.82, 2.24) is 15.1 Å². The van der Waals surface area contributed by atoms with Gasteiger partial charge >= 0.3 is 12.1 Å². The van der Waals surface area contributed by atoms with Crippen LogP contribution >= 0.6 is 0 Å². The molecule has 0 amide bonds. The van der Waals surface area contributed by atoms with Crippen molar-refractivity contribution in [2.45, 2.75) is 25.7 Å². The first kappa shape index (κ1) is 16.4. The number of halogens is 3. The number of hydrogen-bond acceptors (Lipinski definition) is 5. The van der Waals surface area contributed by atoms with E-state index in [4.69, 9.17) is 9.84 Å². The Kier molecular flexibility index (Phi) is 5.52. The highest BCUT2D eigenvalue weighted by atomic mass is 19.4. The summed E-state index contributed by atoms with van der Waals surface area (Å²) >= 11 is 0. The van der Waals surface area contributed by atoms with Crippen LogP contribution in [0.25, 0.3) is 0 Å². The fourth-order valence-corrected chi connectivity index (χ4v) is 1.49. The lowest BCUT2D eigenvalue weighted by atomic mass is 10.2. The second kappa shape index (κ2) is 6.71. The maximum Gasteiger partial charge on any atom is 0.415 e. The summed E-state index contributed by atoms with van der Waals surface area (Å²) in [6.45, 7) is 1.12. The van der Waals surface area contributed by atoms with E-state index in [0.29, 0.717) is 5.69 Å². The lowest BCUT2D eigenvalue weighted by Crippen LogP contribution is -2.38. The molecule has 114 valence electrons. The van der Waals surface area contributed by atoms with Gasteiger partial charge in [0.2, 0.25) is 0 Å². The van der Waals surface area contributed by atoms with Crippen molar-refractivity contribution in [2.24, 2.45) is 7.05 Å². The number of alkyl halides is 3. The van der Waals surface area contributed by atoms with Gasteiger partial charge in [-0.15, -0.1) is 0 Å². The maximum absolute atomic E-state index is 12.1. The van der Waals surface area contributed by atoms with Crippen molar-refractivity contribution < 1.29 is 27.8 Å². The first-order valence-electron chi connectivity index (χ1n) is 5.90. The van der Waals surface area contributed by atoms with Crippen LogP contribution in [0, 0.1) is 0 Å². The van der Waals surface area contributed by atoms with Gasteiger partial charge in [0.25, 0.3) is 0 Å². The number of carbonyl (C=O) groups excluding carboxylic acids is 1. The largest absolute Gasteiger partial charge is 0.462 e. The topological polar surface area (TPSA) is 76.4 Å². The highest BCUT2D eigenvalue weighted by Gasteiger charge is 2.37. The van der Waals surface area contributed by atoms with Crippen molar-refractivity contribution in [1.29, 1.82) is 0 Å². The lowest BCUT2D eigenvalue weighted by molar-refractivity contribution is -0.201. The number of nitrogens with zero attached hydrogens (tertiary/aromatic N) is 2. The molecule has 1 unspecified atom stereocenters. The van der Waals surface area contributed by atoms with Gasteiger partial charge in [-0.05, 0) is 6.92 Å². The van der Waals surface area contributed by atoms with Crippen LogP contribution in [0.3, 0.4) is 0 Å². The normalized spacial score (nSPS) is 13.3. The second-order valence-electron chi connectivity index (χ2n) is 4.04. The summed E-state index contributed by atoms with van der Waals surface area (Å²) in [6, 6.07) is 0. The predicted molar refractivity (Wildman–Crippen MR) is 62.9 cm³/mol. The van der Waals surface area contributed by atoms with E-state index in [1.54, 1.807) is 14.0 Å². The number of hydrogen-bond donors (Lipinski definition) is 2. The third kappa shape index (κ3) is 4.20. The van der Waals surface area contributed by atoms with Gasteiger partial charge < -0.3 is 15.2 Å². The SMILES string of the molecule is CCOC(=O)c1cnn(C)c1CNCC(O)C(F)(F)F. The van der Waals surface area contributed by atoms with Gasteiger partial charge in [0.1, 0.15) is 5.56 Å². The van der Waals surface area contributed by atoms with Crippen LogP contribution in [0.2, 0.25) is 0 Å². The van der Waals surface area contributed by atoms with Gasteiger partial charge in [-0.25, -0.2) is 4.79 Å². The molecular weight excluding hydrogens is 279 g/mol. The Morgan fingerprint density at radius 2 is 2.25 bits per heavy atom. The molecule has 2 N–H and O–H groups in total. The zero-order chi connectivity index (χ0) is 15.3. The van der Waals surface area contributed by atoms with E-state index < -0.39 is 24.8 Å². The molecule has 1 aromatic heterocycles. The molecule has 0 bridgehead atoms. The standard InChI is InChI=1S/C11H16F3N3O3/c1-3-20-10(19)7-4-16-17(2)8(7)5-15-6-9(18)11(12,13)14/h4,9,15,18H,3,5-6H2,1-2H3. The minimum Gasteiger partial charge on any atom is -0.462 e. The average Bonchev–Trinajstić information content (AvgIpc) is 2.70. The minimum atomic E-state index is -4.68. The van der Waals surface area contributed by atoms with E-state index >= 15 is 0 Å². The molecule has 0 fully saturated rings. The number of aliphatic hydroxyl groups is 1. The molecule has 0 saturated heterocycles. The minimum absolute atomic E-state index is 0.0439. The van der Waals surface area contributed by atoms with E-state index in [1.807, 2.05) is 0 Å². The molecule has 0 saturated carbocycles. The smallest absolute Gasteiger partial charge is 0.415 e. The molecule has 1 atom stereocenters. The van der Waals surface area contributed by atoms with E-state index in [-0.39, 0.29) is 18.7 Å². The Morgan fingerprint density at radius 1 is 1.60 bits per heavy atom. The Hall–Kier alpha value is -1.61. The second-order valence-corrected chi connectivity index (χ2v) is 4.04. The van der Waals surface area contributed by atoms with E-state index in [2.05, 4.69) is 10.4 Å². The van der Waals surface area contributed by atoms with Crippen molar-refractivity contribution in [3.63, 3.8) is 0 Å². The Morgan fingerprint density at radius 3 is 2.80 bits per heavy atom. The number of rotatable bonds is 6. The third-order valence-electron chi connectivity index (χ3n) is 2.56. The molecular formula is C11H16F3N3O3. The summed E-state index contributed by atoms with van der Waals surface area (Å²) < 4.78 is 42.5. The molecule has 0 aliphatic rings. The fourth-order valence-electron chi connectivity index (χ4n) is 1.49. The Bertz CT molecular complexity index is 460. The highest BCUT2D eigenvalue weighted by Crippen LogP contribution is 2.19. The summed E-state index contributed by atoms with van der Waals surface area (Å²) in [5, 5.41) is 15.1. The zero-order valence-corrected chi connectivity index (χ0v) is 11.1. The number of carbonyl (C=O) groups is 1. The van der Waals surface area contributed by atoms with Crippen LogP contribution in [0.1, 0.15) is 23.0 Å². The van der Waals surface area contributed by atoms with E-state index in [9.17, 15) is 18.0 Å². The first-order chi connectivity index (χ1) is 9.27. The molecule has 0 aliphatic carbocycles. The van der Waals surface area contributed by atoms with Crippen LogP contribution in [0.5, 0.6) is 0 Å². The number of aliphatic hydroxyl groups excluding tert-OH is 1. The van der Waals surface area contributed by atoms with Gasteiger partial charge in [0.05, 0.1) is 18.5 Å². The van der Waals surface area contributed by atoms with Crippen LogP contribution < -0.4 is 5.32 Å². The summed E-state index contributed by atoms with van der Waals surface area (Å²) in [5.74, 6) is -0.589. The molecule has 1 aromatic rings. The average molecular weight is 295 g/mol. The predicted octanol–water partition coefficient (Wildman–Crippen LogP) is 0.610. The van der Waals surface area contributed by atoms with Gasteiger partial charge in [0.15, 0.2) is 6.10 Å². The van der Waals surface area contributed by atoms with Crippen molar-refractivity contribution >= 4 is 5.97 Å². The molecule has 20 heavy (non-hydrogen) atoms. The van der Waals surface area contributed by atoms with Crippen LogP contribution in [-0.4, -0.2) is 46.3 Å². The Labute approximate surface area is 113 Å². The van der Waals surface area contributed by atoms with Crippen molar-refractivity contribution in [2.75, 3.05) is 13.2 Å². The number of nitrogens with one attached hydrogen (secondary N) is 1. The number of esters is 1. The number of ether oxygens (including phenoxy) is 1. The zero-order valence-electron chi connectivity index (χ0n) is 11.1. The molecule has 0 radical (unpaired) electrons. The van der Waals surface area contributed by atoms with E-state index in [1.165, 1.54) is 10.9 Å². The van der Waals surface area contributed by atoms with E-state index in [0.717, 1.165) is 0 Å². The molecule has 9 heteroatoms. The summed E-state index contributed by atoms with van der Waals surface area (Å²) in [4.78, 5) is 11.6. The van der Waals surface area contributed by atoms with Crippen LogP contribution in [0.4, 0.5) is 13.2 Å². The lowest BCUT2D eigenvalue weighted by Gasteiger charge is -2.15. The van der Waals surface area contributed by atoms with Crippen molar-refractivity contribution in [3.05, 3.63) is 17.5 Å². The molecule has 1 rings (SSSR count). The maximum atomic E-state index is 12.1. The fraction of sp³-hybridized carbons (Fsp3) is 0.636. The van der Waals surface area contributed by atoms with Crippen LogP contribution in [-0.2, 0) is 18.3 Å². The number of aryl methyl sites for hydroxylation is 1. The highest BCUT2D eigenvalue weighted by molar-refractivity contribution is 5.90. The summed E-state index contributed by atoms with van der Waals surface area (Å²) in [7, 11) is 1.56.